The zero-order chi connectivity index (χ0) is 12.4. The fraction of sp³-hybridized carbons (Fsp3) is 0.154. The van der Waals surface area contributed by atoms with E-state index in [1.807, 2.05) is 37.3 Å². The first kappa shape index (κ1) is 11.9. The van der Waals surface area contributed by atoms with Crippen LogP contribution in [0.2, 0.25) is 0 Å². The fourth-order valence-electron chi connectivity index (χ4n) is 1.74. The van der Waals surface area contributed by atoms with Gasteiger partial charge in [-0.1, -0.05) is 30.3 Å². The molecule has 0 fully saturated rings. The predicted octanol–water partition coefficient (Wildman–Crippen LogP) is 3.00. The Morgan fingerprint density at radius 1 is 1.29 bits per heavy atom. The molecule has 0 unspecified atom stereocenters. The molecule has 0 bridgehead atoms. The highest BCUT2D eigenvalue weighted by Crippen LogP contribution is 2.33. The molecule has 1 aromatic carbocycles. The summed E-state index contributed by atoms with van der Waals surface area (Å²) >= 11 is 3.33. The summed E-state index contributed by atoms with van der Waals surface area (Å²) in [5.41, 5.74) is 1.40. The number of halogens is 1. The Kier molecular flexibility index (Phi) is 3.33. The van der Waals surface area contributed by atoms with Crippen LogP contribution in [0.3, 0.4) is 0 Å². The highest BCUT2D eigenvalue weighted by Gasteiger charge is 2.12. The maximum Gasteiger partial charge on any atom is 0.253 e. The number of rotatable bonds is 2. The maximum absolute atomic E-state index is 11.8. The van der Waals surface area contributed by atoms with E-state index >= 15 is 0 Å². The van der Waals surface area contributed by atoms with Crippen LogP contribution in [0.1, 0.15) is 6.92 Å². The van der Waals surface area contributed by atoms with Gasteiger partial charge < -0.3 is 5.11 Å². The van der Waals surface area contributed by atoms with E-state index < -0.39 is 0 Å². The van der Waals surface area contributed by atoms with Crippen LogP contribution in [-0.2, 0) is 6.54 Å². The molecule has 0 saturated heterocycles. The van der Waals surface area contributed by atoms with Crippen molar-refractivity contribution < 1.29 is 5.11 Å². The second kappa shape index (κ2) is 4.75. The molecule has 0 aliphatic heterocycles. The smallest absolute Gasteiger partial charge is 0.253 e. The number of benzene rings is 1. The monoisotopic (exact) mass is 293 g/mol. The Morgan fingerprint density at radius 3 is 2.53 bits per heavy atom. The number of aromatic hydroxyl groups is 1. The van der Waals surface area contributed by atoms with Gasteiger partial charge in [-0.2, -0.15) is 0 Å². The summed E-state index contributed by atoms with van der Waals surface area (Å²) in [4.78, 5) is 11.8. The molecule has 0 atom stereocenters. The van der Waals surface area contributed by atoms with Crippen molar-refractivity contribution in [3.63, 3.8) is 0 Å². The van der Waals surface area contributed by atoms with Crippen LogP contribution >= 0.6 is 15.9 Å². The van der Waals surface area contributed by atoms with E-state index in [-0.39, 0.29) is 11.4 Å². The molecule has 0 spiro atoms. The van der Waals surface area contributed by atoms with E-state index in [2.05, 4.69) is 15.9 Å². The first-order chi connectivity index (χ1) is 8.15. The van der Waals surface area contributed by atoms with Gasteiger partial charge in [0.05, 0.1) is 4.47 Å². The highest BCUT2D eigenvalue weighted by atomic mass is 79.9. The Balaban J connectivity index is 2.70. The van der Waals surface area contributed by atoms with Crippen molar-refractivity contribution in [1.29, 1.82) is 0 Å². The highest BCUT2D eigenvalue weighted by molar-refractivity contribution is 9.10. The topological polar surface area (TPSA) is 42.2 Å². The average molecular weight is 294 g/mol. The maximum atomic E-state index is 11.8. The molecule has 0 saturated carbocycles. The van der Waals surface area contributed by atoms with Gasteiger partial charge in [-0.25, -0.2) is 0 Å². The molecule has 0 aliphatic carbocycles. The third-order valence-corrected chi connectivity index (χ3v) is 3.41. The van der Waals surface area contributed by atoms with Gasteiger partial charge in [-0.15, -0.1) is 0 Å². The van der Waals surface area contributed by atoms with E-state index in [9.17, 15) is 9.90 Å². The standard InChI is InChI=1S/C13H12BrNO2/c1-2-15-11(16)8-10(12(14)13(15)17)9-6-4-3-5-7-9/h3-8,17H,2H2,1H3. The first-order valence-electron chi connectivity index (χ1n) is 5.33. The van der Waals surface area contributed by atoms with Gasteiger partial charge >= 0.3 is 0 Å². The van der Waals surface area contributed by atoms with Gasteiger partial charge in [0.2, 0.25) is 5.88 Å². The molecule has 1 aromatic heterocycles. The number of hydrogen-bond donors (Lipinski definition) is 1. The minimum absolute atomic E-state index is 0.0288. The van der Waals surface area contributed by atoms with Gasteiger partial charge in [-0.3, -0.25) is 9.36 Å². The molecular formula is C13H12BrNO2. The number of aromatic nitrogens is 1. The molecule has 1 heterocycles. The van der Waals surface area contributed by atoms with Crippen LogP contribution in [0.5, 0.6) is 5.88 Å². The van der Waals surface area contributed by atoms with Crippen molar-refractivity contribution in [2.24, 2.45) is 0 Å². The lowest BCUT2D eigenvalue weighted by atomic mass is 10.1. The van der Waals surface area contributed by atoms with E-state index in [0.717, 1.165) is 5.56 Å². The van der Waals surface area contributed by atoms with Crippen LogP contribution in [0.25, 0.3) is 11.1 Å². The normalized spacial score (nSPS) is 10.5. The second-order valence-corrected chi connectivity index (χ2v) is 4.44. The van der Waals surface area contributed by atoms with Crippen LogP contribution in [0.15, 0.2) is 45.7 Å². The molecule has 3 nitrogen and oxygen atoms in total. The van der Waals surface area contributed by atoms with E-state index in [4.69, 9.17) is 0 Å². The van der Waals surface area contributed by atoms with Gasteiger partial charge in [0.1, 0.15) is 0 Å². The predicted molar refractivity (Wildman–Crippen MR) is 71.2 cm³/mol. The van der Waals surface area contributed by atoms with Crippen molar-refractivity contribution >= 4 is 15.9 Å². The summed E-state index contributed by atoms with van der Waals surface area (Å²) in [6.07, 6.45) is 0. The summed E-state index contributed by atoms with van der Waals surface area (Å²) in [6.45, 7) is 2.26. The molecule has 1 N–H and O–H groups in total. The van der Waals surface area contributed by atoms with Crippen LogP contribution < -0.4 is 5.56 Å². The summed E-state index contributed by atoms with van der Waals surface area (Å²) < 4.78 is 1.86. The van der Waals surface area contributed by atoms with Crippen LogP contribution in [0, 0.1) is 0 Å². The molecule has 88 valence electrons. The zero-order valence-electron chi connectivity index (χ0n) is 9.35. The molecular weight excluding hydrogens is 282 g/mol. The summed E-state index contributed by atoms with van der Waals surface area (Å²) in [7, 11) is 0. The van der Waals surface area contributed by atoms with Crippen molar-refractivity contribution in [3.05, 3.63) is 51.2 Å². The molecule has 17 heavy (non-hydrogen) atoms. The lowest BCUT2D eigenvalue weighted by Crippen LogP contribution is -2.18. The Morgan fingerprint density at radius 2 is 1.94 bits per heavy atom. The quantitative estimate of drug-likeness (QED) is 0.925. The molecule has 0 amide bonds. The number of pyridine rings is 1. The van der Waals surface area contributed by atoms with Crippen LogP contribution in [0.4, 0.5) is 0 Å². The number of nitrogens with zero attached hydrogens (tertiary/aromatic N) is 1. The lowest BCUT2D eigenvalue weighted by molar-refractivity contribution is 0.408. The molecule has 0 aliphatic rings. The SMILES string of the molecule is CCn1c(O)c(Br)c(-c2ccccc2)cc1=O. The van der Waals surface area contributed by atoms with E-state index in [0.29, 0.717) is 16.6 Å². The summed E-state index contributed by atoms with van der Waals surface area (Å²) in [5, 5.41) is 9.94. The van der Waals surface area contributed by atoms with E-state index in [1.165, 1.54) is 10.6 Å². The Hall–Kier alpha value is -1.55. The second-order valence-electron chi connectivity index (χ2n) is 3.64. The molecule has 2 rings (SSSR count). The minimum atomic E-state index is -0.202. The van der Waals surface area contributed by atoms with Gasteiger partial charge in [0.15, 0.2) is 0 Å². The summed E-state index contributed by atoms with van der Waals surface area (Å²) in [6, 6.07) is 11.0. The minimum Gasteiger partial charge on any atom is -0.494 e. The van der Waals surface area contributed by atoms with Crippen molar-refractivity contribution in [1.82, 2.24) is 4.57 Å². The van der Waals surface area contributed by atoms with Crippen molar-refractivity contribution in [2.75, 3.05) is 0 Å². The number of hydrogen-bond acceptors (Lipinski definition) is 2. The largest absolute Gasteiger partial charge is 0.494 e. The van der Waals surface area contributed by atoms with Crippen molar-refractivity contribution in [3.8, 4) is 17.0 Å². The Bertz CT molecular complexity index is 590. The summed E-state index contributed by atoms with van der Waals surface area (Å²) in [5.74, 6) is -0.0288. The first-order valence-corrected chi connectivity index (χ1v) is 6.12. The third kappa shape index (κ3) is 2.13. The Labute approximate surface area is 107 Å². The van der Waals surface area contributed by atoms with Crippen LogP contribution in [-0.4, -0.2) is 9.67 Å². The fourth-order valence-corrected chi connectivity index (χ4v) is 2.30. The van der Waals surface area contributed by atoms with Crippen molar-refractivity contribution in [2.45, 2.75) is 13.5 Å². The van der Waals surface area contributed by atoms with Gasteiger partial charge in [0.25, 0.3) is 5.56 Å². The molecule has 4 heteroatoms. The van der Waals surface area contributed by atoms with E-state index in [1.54, 1.807) is 0 Å². The molecule has 0 radical (unpaired) electrons. The average Bonchev–Trinajstić information content (AvgIpc) is 2.35. The third-order valence-electron chi connectivity index (χ3n) is 2.62. The molecule has 2 aromatic rings. The zero-order valence-corrected chi connectivity index (χ0v) is 10.9. The van der Waals surface area contributed by atoms with Gasteiger partial charge in [0, 0.05) is 18.2 Å². The lowest BCUT2D eigenvalue weighted by Gasteiger charge is -2.11. The van der Waals surface area contributed by atoms with Gasteiger partial charge in [-0.05, 0) is 28.4 Å².